The molecule has 47 heavy (non-hydrogen) atoms. The molecule has 0 spiro atoms. The number of halogens is 1. The van der Waals surface area contributed by atoms with Crippen LogP contribution in [-0.4, -0.2) is 15.0 Å². The van der Waals surface area contributed by atoms with E-state index in [-0.39, 0.29) is 11.5 Å². The fourth-order valence-corrected chi connectivity index (χ4v) is 7.46. The maximum Gasteiger partial charge on any atom is 0.271 e. The van der Waals surface area contributed by atoms with Crippen molar-refractivity contribution in [3.8, 4) is 0 Å². The van der Waals surface area contributed by atoms with E-state index >= 15 is 0 Å². The molecule has 0 bridgehead atoms. The summed E-state index contributed by atoms with van der Waals surface area (Å²) in [5, 5.41) is 4.10. The Bertz CT molecular complexity index is 2330. The van der Waals surface area contributed by atoms with Gasteiger partial charge in [0.2, 0.25) is 0 Å². The van der Waals surface area contributed by atoms with Crippen LogP contribution in [0.5, 0.6) is 0 Å². The number of fused-ring (bicyclic) bond motifs is 2. The molecule has 0 aliphatic carbocycles. The third-order valence-electron chi connectivity index (χ3n) is 8.59. The Kier molecular flexibility index (Phi) is 8.39. The van der Waals surface area contributed by atoms with Gasteiger partial charge in [0.15, 0.2) is 4.80 Å². The Morgan fingerprint density at radius 3 is 2.38 bits per heavy atom. The second kappa shape index (κ2) is 12.8. The van der Waals surface area contributed by atoms with E-state index in [9.17, 15) is 9.59 Å². The van der Waals surface area contributed by atoms with Gasteiger partial charge in [-0.3, -0.25) is 14.2 Å². The Balaban J connectivity index is 1.35. The highest BCUT2D eigenvalue weighted by Gasteiger charge is 2.32. The quantitative estimate of drug-likeness (QED) is 0.185. The number of aromatic nitrogens is 2. The molecular weight excluding hydrogens is 668 g/mol. The highest BCUT2D eigenvalue weighted by molar-refractivity contribution is 9.10. The molecule has 4 aromatic carbocycles. The Labute approximate surface area is 285 Å². The molecular formula is C39H33BrN4O2S. The Morgan fingerprint density at radius 1 is 0.957 bits per heavy atom. The average molecular weight is 702 g/mol. The molecule has 7 rings (SSSR count). The van der Waals surface area contributed by atoms with Crippen LogP contribution in [0, 0.1) is 0 Å². The van der Waals surface area contributed by atoms with Gasteiger partial charge in [-0.1, -0.05) is 114 Å². The predicted octanol–water partition coefficient (Wildman–Crippen LogP) is 7.76. The lowest BCUT2D eigenvalue weighted by molar-refractivity contribution is -0.113. The number of benzene rings is 4. The molecule has 0 saturated heterocycles. The molecule has 0 fully saturated rings. The van der Waals surface area contributed by atoms with E-state index in [0.717, 1.165) is 26.5 Å². The van der Waals surface area contributed by atoms with E-state index in [4.69, 9.17) is 4.99 Å². The van der Waals surface area contributed by atoms with E-state index < -0.39 is 6.04 Å². The summed E-state index contributed by atoms with van der Waals surface area (Å²) in [6.07, 6.45) is 4.07. The number of nitrogens with zero attached hydrogens (tertiary/aromatic N) is 3. The van der Waals surface area contributed by atoms with Gasteiger partial charge in [0.25, 0.3) is 11.5 Å². The molecule has 0 radical (unpaired) electrons. The van der Waals surface area contributed by atoms with Gasteiger partial charge in [-0.05, 0) is 65.9 Å². The standard InChI is InChI=1S/C39H33BrN4O2S/c1-24(2)27-15-17-28(18-16-27)36-35(37(45)42-31-9-5-4-6-10-31)25(3)41-39-44(36)38(46)34(47-39)21-29-23-43(33-12-8-7-11-32(29)33)22-26-13-19-30(40)20-14-26/h4-21,23-24,36H,22H2,1-3H3,(H,42,45)/b34-21+/t36-/m1/s1. The lowest BCUT2D eigenvalue weighted by atomic mass is 9.93. The van der Waals surface area contributed by atoms with E-state index in [1.165, 1.54) is 22.5 Å². The van der Waals surface area contributed by atoms with Crippen molar-refractivity contribution >= 4 is 55.8 Å². The summed E-state index contributed by atoms with van der Waals surface area (Å²) in [4.78, 5) is 33.7. The normalized spacial score (nSPS) is 14.8. The molecule has 1 aliphatic heterocycles. The fourth-order valence-electron chi connectivity index (χ4n) is 6.16. The van der Waals surface area contributed by atoms with E-state index in [1.807, 2.05) is 79.7 Å². The van der Waals surface area contributed by atoms with Crippen molar-refractivity contribution in [2.45, 2.75) is 39.3 Å². The van der Waals surface area contributed by atoms with Gasteiger partial charge in [-0.25, -0.2) is 4.99 Å². The monoisotopic (exact) mass is 700 g/mol. The highest BCUT2D eigenvalue weighted by atomic mass is 79.9. The molecule has 2 aromatic heterocycles. The smallest absolute Gasteiger partial charge is 0.271 e. The fraction of sp³-hybridized carbons (Fsp3) is 0.154. The molecule has 1 atom stereocenters. The second-order valence-electron chi connectivity index (χ2n) is 12.1. The zero-order chi connectivity index (χ0) is 32.7. The van der Waals surface area contributed by atoms with Gasteiger partial charge in [0.1, 0.15) is 0 Å². The molecule has 1 aliphatic rings. The van der Waals surface area contributed by atoms with Gasteiger partial charge in [0, 0.05) is 39.4 Å². The summed E-state index contributed by atoms with van der Waals surface area (Å²) < 4.78 is 5.52. The van der Waals surface area contributed by atoms with Crippen LogP contribution < -0.4 is 20.2 Å². The molecule has 6 nitrogen and oxygen atoms in total. The van der Waals surface area contributed by atoms with Crippen molar-refractivity contribution < 1.29 is 4.79 Å². The first-order chi connectivity index (χ1) is 22.8. The van der Waals surface area contributed by atoms with Crippen molar-refractivity contribution in [1.82, 2.24) is 9.13 Å². The number of hydrogen-bond donors (Lipinski definition) is 1. The van der Waals surface area contributed by atoms with Gasteiger partial charge < -0.3 is 9.88 Å². The summed E-state index contributed by atoms with van der Waals surface area (Å²) in [7, 11) is 0. The van der Waals surface area contributed by atoms with E-state index in [2.05, 4.69) is 82.3 Å². The number of rotatable bonds is 7. The van der Waals surface area contributed by atoms with Crippen molar-refractivity contribution in [2.24, 2.45) is 4.99 Å². The zero-order valence-corrected chi connectivity index (χ0v) is 28.7. The number of thiazole rings is 1. The average Bonchev–Trinajstić information content (AvgIpc) is 3.57. The van der Waals surface area contributed by atoms with Crippen LogP contribution in [0.2, 0.25) is 0 Å². The molecule has 0 saturated carbocycles. The minimum atomic E-state index is -0.628. The molecule has 8 heteroatoms. The molecule has 0 unspecified atom stereocenters. The number of para-hydroxylation sites is 2. The van der Waals surface area contributed by atoms with Crippen molar-refractivity contribution in [2.75, 3.05) is 5.32 Å². The van der Waals surface area contributed by atoms with Crippen LogP contribution in [0.4, 0.5) is 5.69 Å². The summed E-state index contributed by atoms with van der Waals surface area (Å²) in [6, 6.07) is 33.5. The van der Waals surface area contributed by atoms with Crippen LogP contribution in [-0.2, 0) is 11.3 Å². The van der Waals surface area contributed by atoms with E-state index in [1.54, 1.807) is 4.57 Å². The molecule has 3 heterocycles. The van der Waals surface area contributed by atoms with Gasteiger partial charge in [0.05, 0.1) is 21.8 Å². The number of allylic oxidation sites excluding steroid dienone is 1. The Morgan fingerprint density at radius 2 is 1.66 bits per heavy atom. The van der Waals surface area contributed by atoms with E-state index in [0.29, 0.717) is 38.8 Å². The van der Waals surface area contributed by atoms with Gasteiger partial charge >= 0.3 is 0 Å². The first-order valence-corrected chi connectivity index (χ1v) is 17.2. The number of hydrogen-bond acceptors (Lipinski definition) is 4. The van der Waals surface area contributed by atoms with Crippen molar-refractivity contribution in [3.63, 3.8) is 0 Å². The largest absolute Gasteiger partial charge is 0.342 e. The highest BCUT2D eigenvalue weighted by Crippen LogP contribution is 2.32. The number of anilines is 1. The molecule has 234 valence electrons. The maximum absolute atomic E-state index is 14.4. The SMILES string of the molecule is CC1=C(C(=O)Nc2ccccc2)[C@@H](c2ccc(C(C)C)cc2)n2c(s/c(=C/c3cn(Cc4ccc(Br)cc4)c4ccccc34)c2=O)=N1. The van der Waals surface area contributed by atoms with Gasteiger partial charge in [-0.2, -0.15) is 0 Å². The number of nitrogens with one attached hydrogen (secondary N) is 1. The zero-order valence-electron chi connectivity index (χ0n) is 26.3. The van der Waals surface area contributed by atoms with Crippen LogP contribution in [0.1, 0.15) is 55.0 Å². The lowest BCUT2D eigenvalue weighted by Crippen LogP contribution is -2.40. The number of amides is 1. The minimum Gasteiger partial charge on any atom is -0.342 e. The second-order valence-corrected chi connectivity index (χ2v) is 14.0. The first kappa shape index (κ1) is 30.8. The van der Waals surface area contributed by atoms with Crippen LogP contribution in [0.25, 0.3) is 17.0 Å². The number of carbonyl (C=O) groups is 1. The molecule has 1 amide bonds. The summed E-state index contributed by atoms with van der Waals surface area (Å²) in [5.74, 6) is 0.0794. The van der Waals surface area contributed by atoms with Crippen molar-refractivity contribution in [3.05, 3.63) is 167 Å². The molecule has 6 aromatic rings. The summed E-state index contributed by atoms with van der Waals surface area (Å²) in [6.45, 7) is 6.85. The number of carbonyl (C=O) groups excluding carboxylic acids is 1. The summed E-state index contributed by atoms with van der Waals surface area (Å²) in [5.41, 5.74) is 6.84. The first-order valence-electron chi connectivity index (χ1n) is 15.6. The third kappa shape index (κ3) is 6.06. The molecule has 1 N–H and O–H groups in total. The maximum atomic E-state index is 14.4. The minimum absolute atomic E-state index is 0.172. The predicted molar refractivity (Wildman–Crippen MR) is 195 cm³/mol. The lowest BCUT2D eigenvalue weighted by Gasteiger charge is -2.25. The van der Waals surface area contributed by atoms with Crippen LogP contribution in [0.15, 0.2) is 135 Å². The van der Waals surface area contributed by atoms with Crippen molar-refractivity contribution in [1.29, 1.82) is 0 Å². The van der Waals surface area contributed by atoms with Crippen LogP contribution in [0.3, 0.4) is 0 Å². The van der Waals surface area contributed by atoms with Crippen LogP contribution >= 0.6 is 27.3 Å². The Hall–Kier alpha value is -4.79. The topological polar surface area (TPSA) is 68.4 Å². The third-order valence-corrected chi connectivity index (χ3v) is 10.1. The summed E-state index contributed by atoms with van der Waals surface area (Å²) >= 11 is 4.88. The van der Waals surface area contributed by atoms with Gasteiger partial charge in [-0.15, -0.1) is 0 Å².